The summed E-state index contributed by atoms with van der Waals surface area (Å²) in [7, 11) is 0. The van der Waals surface area contributed by atoms with Gasteiger partial charge in [-0.25, -0.2) is 4.79 Å². The minimum Gasteiger partial charge on any atom is -0.457 e. The van der Waals surface area contributed by atoms with Crippen LogP contribution in [0.1, 0.15) is 53.4 Å². The molecule has 0 aromatic heterocycles. The smallest absolute Gasteiger partial charge is 0.335 e. The molecule has 1 fully saturated rings. The minimum atomic E-state index is -0.0426. The average molecular weight is 300 g/mol. The Kier molecular flexibility index (Phi) is 4.29. The van der Waals surface area contributed by atoms with Crippen LogP contribution in [0.5, 0.6) is 0 Å². The van der Waals surface area contributed by atoms with Crippen LogP contribution in [0.25, 0.3) is 0 Å². The fraction of sp³-hybridized carbons (Fsp3) is 0.650. The second-order valence-electron chi connectivity index (χ2n) is 7.61. The summed E-state index contributed by atoms with van der Waals surface area (Å²) < 4.78 is 5.40. The van der Waals surface area contributed by atoms with Crippen molar-refractivity contribution in [1.29, 1.82) is 0 Å². The number of esters is 1. The van der Waals surface area contributed by atoms with Crippen LogP contribution in [0.3, 0.4) is 0 Å². The number of cyclic esters (lactones) is 1. The molecule has 1 aliphatic heterocycles. The number of rotatable bonds is 4. The van der Waals surface area contributed by atoms with Gasteiger partial charge in [-0.2, -0.15) is 0 Å². The second kappa shape index (κ2) is 6.06. The van der Waals surface area contributed by atoms with Crippen LogP contribution in [0.15, 0.2) is 34.4 Å². The summed E-state index contributed by atoms with van der Waals surface area (Å²) in [5, 5.41) is 0. The Balaban J connectivity index is 1.84. The van der Waals surface area contributed by atoms with Crippen molar-refractivity contribution in [2.45, 2.75) is 53.4 Å². The standard InChI is InChI=1S/C20H28O2/c1-12(2)6-5-7-13(3)15-9-8-14(4)16-10-17(16)19-18(15)11-22-20(19)21/h6,9,13-14,16-17H,5,7-8,10-11H2,1-4H3/b15-9-/t13?,14-,16+,17+/m0/s1. The Morgan fingerprint density at radius 1 is 1.45 bits per heavy atom. The summed E-state index contributed by atoms with van der Waals surface area (Å²) in [6.45, 7) is 9.44. The van der Waals surface area contributed by atoms with Crippen molar-refractivity contribution < 1.29 is 9.53 Å². The molecule has 0 radical (unpaired) electrons. The molecule has 22 heavy (non-hydrogen) atoms. The van der Waals surface area contributed by atoms with Crippen molar-refractivity contribution >= 4 is 5.97 Å². The van der Waals surface area contributed by atoms with Gasteiger partial charge in [0.25, 0.3) is 0 Å². The van der Waals surface area contributed by atoms with Crippen LogP contribution in [-0.2, 0) is 9.53 Å². The molecule has 1 unspecified atom stereocenters. The molecule has 2 heteroatoms. The van der Waals surface area contributed by atoms with Crippen LogP contribution in [0.4, 0.5) is 0 Å². The van der Waals surface area contributed by atoms with E-state index in [9.17, 15) is 4.79 Å². The first-order chi connectivity index (χ1) is 10.5. The number of fused-ring (bicyclic) bond motifs is 2. The van der Waals surface area contributed by atoms with Crippen LogP contribution < -0.4 is 0 Å². The summed E-state index contributed by atoms with van der Waals surface area (Å²) in [4.78, 5) is 12.2. The van der Waals surface area contributed by atoms with Crippen molar-refractivity contribution in [3.8, 4) is 0 Å². The SMILES string of the molecule is CC(C)=CCCC(C)/C1=C/C[C@H](C)[C@H]2C[C@H]2C2=C1COC2=O. The summed E-state index contributed by atoms with van der Waals surface area (Å²) in [5.74, 6) is 2.33. The highest BCUT2D eigenvalue weighted by atomic mass is 16.5. The zero-order chi connectivity index (χ0) is 15.9. The average Bonchev–Trinajstić information content (AvgIpc) is 3.14. The van der Waals surface area contributed by atoms with E-state index in [0.717, 1.165) is 24.8 Å². The van der Waals surface area contributed by atoms with E-state index in [-0.39, 0.29) is 5.97 Å². The van der Waals surface area contributed by atoms with Crippen molar-refractivity contribution in [2.24, 2.45) is 23.7 Å². The predicted octanol–water partition coefficient (Wildman–Crippen LogP) is 4.82. The molecule has 1 heterocycles. The summed E-state index contributed by atoms with van der Waals surface area (Å²) in [6, 6.07) is 0. The summed E-state index contributed by atoms with van der Waals surface area (Å²) >= 11 is 0. The number of hydrogen-bond acceptors (Lipinski definition) is 2. The maximum Gasteiger partial charge on any atom is 0.335 e. The summed E-state index contributed by atoms with van der Waals surface area (Å²) in [6.07, 6.45) is 9.30. The zero-order valence-corrected chi connectivity index (χ0v) is 14.3. The molecule has 0 saturated heterocycles. The van der Waals surface area contributed by atoms with Gasteiger partial charge in [0, 0.05) is 11.1 Å². The van der Waals surface area contributed by atoms with Crippen molar-refractivity contribution in [3.63, 3.8) is 0 Å². The number of carbonyl (C=O) groups excluding carboxylic acids is 1. The molecule has 2 nitrogen and oxygen atoms in total. The molecular formula is C20H28O2. The largest absolute Gasteiger partial charge is 0.457 e. The van der Waals surface area contributed by atoms with Crippen LogP contribution in [-0.4, -0.2) is 12.6 Å². The van der Waals surface area contributed by atoms with Gasteiger partial charge in [0.05, 0.1) is 0 Å². The Hall–Kier alpha value is -1.31. The Labute approximate surface area is 134 Å². The third-order valence-electron chi connectivity index (χ3n) is 5.58. The molecule has 4 atom stereocenters. The van der Waals surface area contributed by atoms with Crippen molar-refractivity contribution in [2.75, 3.05) is 6.61 Å². The summed E-state index contributed by atoms with van der Waals surface area (Å²) in [5.41, 5.74) is 5.03. The lowest BCUT2D eigenvalue weighted by Crippen LogP contribution is -2.11. The normalized spacial score (nSPS) is 33.7. The van der Waals surface area contributed by atoms with Gasteiger partial charge in [0.15, 0.2) is 0 Å². The quantitative estimate of drug-likeness (QED) is 0.549. The minimum absolute atomic E-state index is 0.0426. The lowest BCUT2D eigenvalue weighted by atomic mass is 9.83. The number of allylic oxidation sites excluding steroid dienone is 3. The molecule has 1 saturated carbocycles. The van der Waals surface area contributed by atoms with Gasteiger partial charge in [-0.3, -0.25) is 0 Å². The van der Waals surface area contributed by atoms with Gasteiger partial charge < -0.3 is 4.74 Å². The Morgan fingerprint density at radius 3 is 2.95 bits per heavy atom. The lowest BCUT2D eigenvalue weighted by molar-refractivity contribution is -0.136. The van der Waals surface area contributed by atoms with Crippen LogP contribution in [0.2, 0.25) is 0 Å². The van der Waals surface area contributed by atoms with Crippen molar-refractivity contribution in [1.82, 2.24) is 0 Å². The third-order valence-corrected chi connectivity index (χ3v) is 5.58. The molecule has 0 amide bonds. The fourth-order valence-corrected chi connectivity index (χ4v) is 4.09. The molecule has 0 aromatic rings. The fourth-order valence-electron chi connectivity index (χ4n) is 4.09. The highest BCUT2D eigenvalue weighted by Crippen LogP contribution is 2.54. The maximum atomic E-state index is 12.2. The Bertz CT molecular complexity index is 560. The molecule has 120 valence electrons. The molecule has 0 spiro atoms. The molecule has 3 rings (SSSR count). The molecule has 0 N–H and O–H groups in total. The number of ether oxygens (including phenoxy) is 1. The first-order valence-corrected chi connectivity index (χ1v) is 8.73. The van der Waals surface area contributed by atoms with Crippen LogP contribution in [0, 0.1) is 23.7 Å². The first kappa shape index (κ1) is 15.6. The highest BCUT2D eigenvalue weighted by Gasteiger charge is 2.49. The van der Waals surface area contributed by atoms with Crippen molar-refractivity contribution in [3.05, 3.63) is 34.4 Å². The van der Waals surface area contributed by atoms with Crippen LogP contribution >= 0.6 is 0 Å². The number of hydrogen-bond donors (Lipinski definition) is 0. The zero-order valence-electron chi connectivity index (χ0n) is 14.3. The third kappa shape index (κ3) is 2.93. The molecule has 2 aliphatic carbocycles. The molecule has 0 bridgehead atoms. The Morgan fingerprint density at radius 2 is 2.23 bits per heavy atom. The monoisotopic (exact) mass is 300 g/mol. The van der Waals surface area contributed by atoms with E-state index in [1.165, 1.54) is 23.1 Å². The molecular weight excluding hydrogens is 272 g/mol. The predicted molar refractivity (Wildman–Crippen MR) is 89.3 cm³/mol. The van der Waals surface area contributed by atoms with Gasteiger partial charge in [0.1, 0.15) is 6.61 Å². The van der Waals surface area contributed by atoms with Gasteiger partial charge in [0.2, 0.25) is 0 Å². The van der Waals surface area contributed by atoms with E-state index in [2.05, 4.69) is 39.8 Å². The lowest BCUT2D eigenvalue weighted by Gasteiger charge is -2.21. The topological polar surface area (TPSA) is 26.3 Å². The van der Waals surface area contributed by atoms with Gasteiger partial charge in [-0.05, 0) is 68.8 Å². The first-order valence-electron chi connectivity index (χ1n) is 8.73. The van der Waals surface area contributed by atoms with E-state index in [4.69, 9.17) is 4.74 Å². The van der Waals surface area contributed by atoms with Gasteiger partial charge in [-0.15, -0.1) is 0 Å². The van der Waals surface area contributed by atoms with Gasteiger partial charge >= 0.3 is 5.97 Å². The van der Waals surface area contributed by atoms with E-state index < -0.39 is 0 Å². The van der Waals surface area contributed by atoms with E-state index in [1.807, 2.05) is 0 Å². The second-order valence-corrected chi connectivity index (χ2v) is 7.61. The highest BCUT2D eigenvalue weighted by molar-refractivity contribution is 5.94. The van der Waals surface area contributed by atoms with E-state index in [1.54, 1.807) is 0 Å². The van der Waals surface area contributed by atoms with E-state index in [0.29, 0.717) is 30.3 Å². The molecule has 0 aromatic carbocycles. The van der Waals surface area contributed by atoms with E-state index >= 15 is 0 Å². The number of carbonyl (C=O) groups is 1. The van der Waals surface area contributed by atoms with Gasteiger partial charge in [-0.1, -0.05) is 31.6 Å². The maximum absolute atomic E-state index is 12.2. The molecule has 3 aliphatic rings.